The number of benzene rings is 2. The maximum absolute atomic E-state index is 5.43. The third-order valence-electron chi connectivity index (χ3n) is 3.28. The average molecular weight is 287 g/mol. The van der Waals surface area contributed by atoms with E-state index in [1.54, 1.807) is 18.9 Å². The van der Waals surface area contributed by atoms with Gasteiger partial charge in [-0.2, -0.15) is 0 Å². The molecule has 0 aliphatic heterocycles. The largest absolute Gasteiger partial charge is 0.496 e. The van der Waals surface area contributed by atoms with Crippen LogP contribution in [0.3, 0.4) is 0 Å². The van der Waals surface area contributed by atoms with Crippen molar-refractivity contribution in [1.82, 2.24) is 5.32 Å². The highest BCUT2D eigenvalue weighted by Gasteiger charge is 2.09. The summed E-state index contributed by atoms with van der Waals surface area (Å²) in [4.78, 5) is 2.44. The van der Waals surface area contributed by atoms with Gasteiger partial charge in [0, 0.05) is 10.9 Å². The molecular formula is C17H21NOS. The van der Waals surface area contributed by atoms with E-state index in [0.717, 1.165) is 17.1 Å². The molecule has 2 nitrogen and oxygen atoms in total. The molecule has 1 N–H and O–H groups in total. The molecule has 0 aliphatic carbocycles. The fourth-order valence-electron chi connectivity index (χ4n) is 2.03. The second-order valence-electron chi connectivity index (χ2n) is 4.75. The Morgan fingerprint density at radius 1 is 1.05 bits per heavy atom. The van der Waals surface area contributed by atoms with Crippen LogP contribution < -0.4 is 10.1 Å². The van der Waals surface area contributed by atoms with Crippen LogP contribution in [0.1, 0.15) is 12.5 Å². The van der Waals surface area contributed by atoms with Gasteiger partial charge in [-0.05, 0) is 44.2 Å². The molecule has 0 aliphatic rings. The van der Waals surface area contributed by atoms with Crippen molar-refractivity contribution in [3.05, 3.63) is 54.1 Å². The first kappa shape index (κ1) is 14.9. The molecule has 20 heavy (non-hydrogen) atoms. The van der Waals surface area contributed by atoms with Crippen LogP contribution in [-0.2, 0) is 6.42 Å². The molecule has 0 saturated heterocycles. The second kappa shape index (κ2) is 7.36. The van der Waals surface area contributed by atoms with Crippen LogP contribution in [0.4, 0.5) is 0 Å². The Balaban J connectivity index is 2.24. The molecule has 0 spiro atoms. The van der Waals surface area contributed by atoms with Crippen LogP contribution in [0.15, 0.2) is 58.3 Å². The zero-order valence-electron chi connectivity index (χ0n) is 12.2. The number of rotatable bonds is 6. The van der Waals surface area contributed by atoms with Crippen molar-refractivity contribution in [1.29, 1.82) is 0 Å². The number of nitrogens with one attached hydrogen (secondary N) is 1. The smallest absolute Gasteiger partial charge is 0.132 e. The first-order chi connectivity index (χ1) is 9.74. The first-order valence-electron chi connectivity index (χ1n) is 6.80. The van der Waals surface area contributed by atoms with E-state index in [-0.39, 0.29) is 0 Å². The normalized spacial score (nSPS) is 12.2. The van der Waals surface area contributed by atoms with Crippen molar-refractivity contribution >= 4 is 11.8 Å². The highest BCUT2D eigenvalue weighted by atomic mass is 32.2. The topological polar surface area (TPSA) is 21.3 Å². The molecule has 1 atom stereocenters. The Bertz CT molecular complexity index is 556. The summed E-state index contributed by atoms with van der Waals surface area (Å²) in [5.74, 6) is 0.925. The molecule has 0 aromatic heterocycles. The summed E-state index contributed by atoms with van der Waals surface area (Å²) in [7, 11) is 3.72. The average Bonchev–Trinajstić information content (AvgIpc) is 2.49. The van der Waals surface area contributed by atoms with Crippen LogP contribution in [0.2, 0.25) is 0 Å². The summed E-state index contributed by atoms with van der Waals surface area (Å²) in [5, 5.41) is 3.29. The molecule has 2 aromatic carbocycles. The maximum Gasteiger partial charge on any atom is 0.132 e. The van der Waals surface area contributed by atoms with Crippen LogP contribution in [-0.4, -0.2) is 20.2 Å². The summed E-state index contributed by atoms with van der Waals surface area (Å²) in [6.07, 6.45) is 1.02. The van der Waals surface area contributed by atoms with Crippen LogP contribution in [0, 0.1) is 0 Å². The van der Waals surface area contributed by atoms with E-state index in [1.165, 1.54) is 10.5 Å². The van der Waals surface area contributed by atoms with Gasteiger partial charge in [-0.1, -0.05) is 42.1 Å². The standard InChI is InChI=1S/C17H21NOS/c1-13(18-2)12-14-8-4-6-10-16(14)20-17-11-7-5-9-15(17)19-3/h4-11,13,18H,12H2,1-3H3. The van der Waals surface area contributed by atoms with Gasteiger partial charge in [0.25, 0.3) is 0 Å². The quantitative estimate of drug-likeness (QED) is 0.868. The summed E-state index contributed by atoms with van der Waals surface area (Å²) >= 11 is 1.77. The highest BCUT2D eigenvalue weighted by Crippen LogP contribution is 2.36. The molecule has 0 bridgehead atoms. The van der Waals surface area contributed by atoms with E-state index in [0.29, 0.717) is 6.04 Å². The Morgan fingerprint density at radius 3 is 2.40 bits per heavy atom. The van der Waals surface area contributed by atoms with Crippen LogP contribution >= 0.6 is 11.8 Å². The van der Waals surface area contributed by atoms with Gasteiger partial charge >= 0.3 is 0 Å². The van der Waals surface area contributed by atoms with Gasteiger partial charge in [0.15, 0.2) is 0 Å². The van der Waals surface area contributed by atoms with Gasteiger partial charge in [-0.25, -0.2) is 0 Å². The van der Waals surface area contributed by atoms with Crippen molar-refractivity contribution in [2.24, 2.45) is 0 Å². The minimum atomic E-state index is 0.467. The van der Waals surface area contributed by atoms with E-state index < -0.39 is 0 Å². The van der Waals surface area contributed by atoms with Crippen molar-refractivity contribution in [3.63, 3.8) is 0 Å². The summed E-state index contributed by atoms with van der Waals surface area (Å²) < 4.78 is 5.43. The van der Waals surface area contributed by atoms with E-state index >= 15 is 0 Å². The number of para-hydroxylation sites is 1. The van der Waals surface area contributed by atoms with Crippen molar-refractivity contribution < 1.29 is 4.74 Å². The van der Waals surface area contributed by atoms with Gasteiger partial charge in [0.2, 0.25) is 0 Å². The zero-order chi connectivity index (χ0) is 14.4. The van der Waals surface area contributed by atoms with Gasteiger partial charge in [0.05, 0.1) is 12.0 Å². The lowest BCUT2D eigenvalue weighted by Crippen LogP contribution is -2.23. The summed E-state index contributed by atoms with van der Waals surface area (Å²) in [5.41, 5.74) is 1.37. The third-order valence-corrected chi connectivity index (χ3v) is 4.46. The zero-order valence-corrected chi connectivity index (χ0v) is 13.0. The summed E-state index contributed by atoms with van der Waals surface area (Å²) in [6, 6.07) is 17.2. The Hall–Kier alpha value is -1.45. The minimum absolute atomic E-state index is 0.467. The fourth-order valence-corrected chi connectivity index (χ4v) is 3.09. The lowest BCUT2D eigenvalue weighted by molar-refractivity contribution is 0.405. The number of hydrogen-bond acceptors (Lipinski definition) is 3. The number of hydrogen-bond donors (Lipinski definition) is 1. The second-order valence-corrected chi connectivity index (χ2v) is 5.84. The monoisotopic (exact) mass is 287 g/mol. The molecule has 1 unspecified atom stereocenters. The molecule has 3 heteroatoms. The highest BCUT2D eigenvalue weighted by molar-refractivity contribution is 7.99. The molecule has 0 amide bonds. The van der Waals surface area contributed by atoms with Gasteiger partial charge in [-0.15, -0.1) is 0 Å². The Kier molecular flexibility index (Phi) is 5.50. The minimum Gasteiger partial charge on any atom is -0.496 e. The number of ether oxygens (including phenoxy) is 1. The van der Waals surface area contributed by atoms with Crippen LogP contribution in [0.25, 0.3) is 0 Å². The predicted octanol–water partition coefficient (Wildman–Crippen LogP) is 4.00. The molecular weight excluding hydrogens is 266 g/mol. The van der Waals surface area contributed by atoms with E-state index in [2.05, 4.69) is 42.6 Å². The molecule has 106 valence electrons. The van der Waals surface area contributed by atoms with Gasteiger partial charge in [-0.3, -0.25) is 0 Å². The van der Waals surface area contributed by atoms with Gasteiger partial charge in [0.1, 0.15) is 5.75 Å². The van der Waals surface area contributed by atoms with Gasteiger partial charge < -0.3 is 10.1 Å². The molecule has 0 fully saturated rings. The predicted molar refractivity (Wildman–Crippen MR) is 85.8 cm³/mol. The Morgan fingerprint density at radius 2 is 1.70 bits per heavy atom. The van der Waals surface area contributed by atoms with E-state index in [1.807, 2.05) is 25.2 Å². The fraction of sp³-hybridized carbons (Fsp3) is 0.294. The molecule has 0 saturated carbocycles. The third kappa shape index (κ3) is 3.78. The molecule has 2 rings (SSSR count). The Labute approximate surface area is 125 Å². The SMILES string of the molecule is CNC(C)Cc1ccccc1Sc1ccccc1OC. The van der Waals surface area contributed by atoms with E-state index in [9.17, 15) is 0 Å². The number of methoxy groups -OCH3 is 1. The lowest BCUT2D eigenvalue weighted by atomic mass is 10.1. The van der Waals surface area contributed by atoms with Crippen LogP contribution in [0.5, 0.6) is 5.75 Å². The van der Waals surface area contributed by atoms with Crippen molar-refractivity contribution in [2.45, 2.75) is 29.2 Å². The summed E-state index contributed by atoms with van der Waals surface area (Å²) in [6.45, 7) is 2.20. The lowest BCUT2D eigenvalue weighted by Gasteiger charge is -2.14. The van der Waals surface area contributed by atoms with Crippen molar-refractivity contribution in [3.8, 4) is 5.75 Å². The molecule has 2 aromatic rings. The van der Waals surface area contributed by atoms with E-state index in [4.69, 9.17) is 4.74 Å². The maximum atomic E-state index is 5.43. The van der Waals surface area contributed by atoms with Crippen molar-refractivity contribution in [2.75, 3.05) is 14.2 Å². The molecule has 0 radical (unpaired) electrons. The first-order valence-corrected chi connectivity index (χ1v) is 7.62. The number of likely N-dealkylation sites (N-methyl/N-ethyl adjacent to an activating group) is 1. The molecule has 0 heterocycles.